The lowest BCUT2D eigenvalue weighted by molar-refractivity contribution is -0.118. The lowest BCUT2D eigenvalue weighted by Crippen LogP contribution is -2.44. The number of aryl methyl sites for hydroxylation is 1. The van der Waals surface area contributed by atoms with Gasteiger partial charge in [0.05, 0.1) is 10.0 Å². The number of amides is 1. The van der Waals surface area contributed by atoms with Crippen molar-refractivity contribution in [2.24, 2.45) is 0 Å². The maximum absolute atomic E-state index is 12.4. The largest absolute Gasteiger partial charge is 0.340 e. The molecular weight excluding hydrogens is 349 g/mol. The van der Waals surface area contributed by atoms with E-state index in [2.05, 4.69) is 15.5 Å². The first-order valence-electron chi connectivity index (χ1n) is 7.75. The summed E-state index contributed by atoms with van der Waals surface area (Å²) in [6, 6.07) is 5.20. The standard InChI is InChI=1S/C17H17Cl2N3O2/c1-11-20-16(22-24-11)17(8-2-3-9-17)21-15(23)7-5-12-4-6-13(18)14(19)10-12/h4-7,10H,2-3,8-9H2,1H3,(H,21,23)/b7-5+. The van der Waals surface area contributed by atoms with Crippen LogP contribution in [-0.2, 0) is 10.3 Å². The average Bonchev–Trinajstić information content (AvgIpc) is 3.18. The van der Waals surface area contributed by atoms with Crippen LogP contribution >= 0.6 is 23.2 Å². The lowest BCUT2D eigenvalue weighted by atomic mass is 9.96. The fourth-order valence-electron chi connectivity index (χ4n) is 2.94. The first-order valence-corrected chi connectivity index (χ1v) is 8.50. The number of aromatic nitrogens is 2. The molecule has 1 aliphatic carbocycles. The highest BCUT2D eigenvalue weighted by atomic mass is 35.5. The van der Waals surface area contributed by atoms with Crippen molar-refractivity contribution in [2.75, 3.05) is 0 Å². The normalized spacial score (nSPS) is 16.6. The predicted octanol–water partition coefficient (Wildman–Crippen LogP) is 4.28. The first-order chi connectivity index (χ1) is 11.5. The van der Waals surface area contributed by atoms with Crippen molar-refractivity contribution in [3.05, 3.63) is 51.6 Å². The Balaban J connectivity index is 1.74. The zero-order chi connectivity index (χ0) is 17.2. The van der Waals surface area contributed by atoms with Crippen LogP contribution in [0, 0.1) is 6.92 Å². The minimum Gasteiger partial charge on any atom is -0.340 e. The molecule has 0 radical (unpaired) electrons. The number of carbonyl (C=O) groups excluding carboxylic acids is 1. The van der Waals surface area contributed by atoms with Crippen LogP contribution in [0.1, 0.15) is 43.0 Å². The van der Waals surface area contributed by atoms with Gasteiger partial charge in [0.25, 0.3) is 0 Å². The maximum Gasteiger partial charge on any atom is 0.244 e. The summed E-state index contributed by atoms with van der Waals surface area (Å²) in [5.41, 5.74) is 0.257. The first kappa shape index (κ1) is 17.0. The van der Waals surface area contributed by atoms with Gasteiger partial charge < -0.3 is 9.84 Å². The van der Waals surface area contributed by atoms with E-state index in [0.29, 0.717) is 21.8 Å². The lowest BCUT2D eigenvalue weighted by Gasteiger charge is -2.25. The molecule has 24 heavy (non-hydrogen) atoms. The summed E-state index contributed by atoms with van der Waals surface area (Å²) in [4.78, 5) is 16.7. The molecule has 1 aromatic carbocycles. The third-order valence-corrected chi connectivity index (χ3v) is 4.89. The number of rotatable bonds is 4. The molecule has 1 saturated carbocycles. The summed E-state index contributed by atoms with van der Waals surface area (Å²) in [5.74, 6) is 0.844. The van der Waals surface area contributed by atoms with Crippen LogP contribution in [-0.4, -0.2) is 16.0 Å². The van der Waals surface area contributed by atoms with E-state index in [4.69, 9.17) is 27.7 Å². The summed E-state index contributed by atoms with van der Waals surface area (Å²) in [7, 11) is 0. The van der Waals surface area contributed by atoms with Crippen LogP contribution < -0.4 is 5.32 Å². The summed E-state index contributed by atoms with van der Waals surface area (Å²) < 4.78 is 5.08. The molecule has 1 aromatic heterocycles. The van der Waals surface area contributed by atoms with E-state index in [1.165, 1.54) is 6.08 Å². The van der Waals surface area contributed by atoms with Crippen molar-refractivity contribution in [1.29, 1.82) is 0 Å². The van der Waals surface area contributed by atoms with Crippen LogP contribution in [0.3, 0.4) is 0 Å². The SMILES string of the molecule is Cc1nc(C2(NC(=O)/C=C/c3ccc(Cl)c(Cl)c3)CCCC2)no1. The quantitative estimate of drug-likeness (QED) is 0.820. The molecule has 0 atom stereocenters. The third-order valence-electron chi connectivity index (χ3n) is 4.15. The van der Waals surface area contributed by atoms with Crippen molar-refractivity contribution in [2.45, 2.75) is 38.1 Å². The minimum atomic E-state index is -0.545. The number of halogens is 2. The van der Waals surface area contributed by atoms with E-state index in [0.717, 1.165) is 31.2 Å². The second-order valence-electron chi connectivity index (χ2n) is 5.92. The molecule has 7 heteroatoms. The number of hydrogen-bond acceptors (Lipinski definition) is 4. The highest BCUT2D eigenvalue weighted by molar-refractivity contribution is 6.42. The van der Waals surface area contributed by atoms with Gasteiger partial charge in [0.15, 0.2) is 5.82 Å². The second kappa shape index (κ2) is 6.95. The topological polar surface area (TPSA) is 68.0 Å². The molecule has 0 bridgehead atoms. The van der Waals surface area contributed by atoms with Gasteiger partial charge in [-0.1, -0.05) is 47.3 Å². The Morgan fingerprint density at radius 1 is 1.29 bits per heavy atom. The number of benzene rings is 1. The van der Waals surface area contributed by atoms with Crippen LogP contribution in [0.5, 0.6) is 0 Å². The van der Waals surface area contributed by atoms with Crippen molar-refractivity contribution < 1.29 is 9.32 Å². The van der Waals surface area contributed by atoms with E-state index >= 15 is 0 Å². The Hall–Kier alpha value is -1.85. The van der Waals surface area contributed by atoms with Gasteiger partial charge in [0.2, 0.25) is 11.8 Å². The number of nitrogens with one attached hydrogen (secondary N) is 1. The molecule has 0 unspecified atom stereocenters. The highest BCUT2D eigenvalue weighted by Gasteiger charge is 2.40. The average molecular weight is 366 g/mol. The van der Waals surface area contributed by atoms with E-state index in [1.54, 1.807) is 31.2 Å². The molecule has 1 N–H and O–H groups in total. The zero-order valence-corrected chi connectivity index (χ0v) is 14.7. The van der Waals surface area contributed by atoms with Crippen LogP contribution in [0.2, 0.25) is 10.0 Å². The van der Waals surface area contributed by atoms with Gasteiger partial charge in [-0.15, -0.1) is 0 Å². The molecule has 3 rings (SSSR count). The van der Waals surface area contributed by atoms with Crippen molar-refractivity contribution >= 4 is 35.2 Å². The third kappa shape index (κ3) is 3.62. The Bertz CT molecular complexity index is 780. The molecule has 1 heterocycles. The molecule has 126 valence electrons. The summed E-state index contributed by atoms with van der Waals surface area (Å²) in [5, 5.41) is 7.99. The minimum absolute atomic E-state index is 0.203. The van der Waals surface area contributed by atoms with Gasteiger partial charge >= 0.3 is 0 Å². The van der Waals surface area contributed by atoms with Crippen LogP contribution in [0.4, 0.5) is 0 Å². The molecule has 1 aliphatic rings. The smallest absolute Gasteiger partial charge is 0.244 e. The van der Waals surface area contributed by atoms with Crippen molar-refractivity contribution in [3.63, 3.8) is 0 Å². The van der Waals surface area contributed by atoms with Crippen molar-refractivity contribution in [3.8, 4) is 0 Å². The van der Waals surface area contributed by atoms with Gasteiger partial charge in [-0.3, -0.25) is 4.79 Å². The Morgan fingerprint density at radius 3 is 2.67 bits per heavy atom. The molecule has 1 fully saturated rings. The van der Waals surface area contributed by atoms with Gasteiger partial charge in [-0.2, -0.15) is 4.98 Å². The summed E-state index contributed by atoms with van der Waals surface area (Å²) in [6.45, 7) is 1.74. The molecular formula is C17H17Cl2N3O2. The van der Waals surface area contributed by atoms with E-state index in [9.17, 15) is 4.79 Å². The van der Waals surface area contributed by atoms with Gasteiger partial charge in [-0.05, 0) is 36.6 Å². The van der Waals surface area contributed by atoms with Crippen molar-refractivity contribution in [1.82, 2.24) is 15.5 Å². The molecule has 0 spiro atoms. The summed E-state index contributed by atoms with van der Waals surface area (Å²) >= 11 is 11.9. The van der Waals surface area contributed by atoms with Crippen LogP contribution in [0.15, 0.2) is 28.8 Å². The molecule has 1 amide bonds. The highest BCUT2D eigenvalue weighted by Crippen LogP contribution is 2.37. The Morgan fingerprint density at radius 2 is 2.04 bits per heavy atom. The van der Waals surface area contributed by atoms with Crippen LogP contribution in [0.25, 0.3) is 6.08 Å². The molecule has 2 aromatic rings. The monoisotopic (exact) mass is 365 g/mol. The zero-order valence-electron chi connectivity index (χ0n) is 13.2. The van der Waals surface area contributed by atoms with E-state index in [-0.39, 0.29) is 5.91 Å². The fourth-order valence-corrected chi connectivity index (χ4v) is 3.25. The fraction of sp³-hybridized carbons (Fsp3) is 0.353. The van der Waals surface area contributed by atoms with Gasteiger partial charge in [-0.25, -0.2) is 0 Å². The Labute approximate surface area is 150 Å². The van der Waals surface area contributed by atoms with E-state index in [1.807, 2.05) is 0 Å². The second-order valence-corrected chi connectivity index (χ2v) is 6.74. The number of hydrogen-bond donors (Lipinski definition) is 1. The number of carbonyl (C=O) groups is 1. The van der Waals surface area contributed by atoms with Gasteiger partial charge in [0, 0.05) is 13.0 Å². The van der Waals surface area contributed by atoms with E-state index < -0.39 is 5.54 Å². The molecule has 0 aliphatic heterocycles. The Kier molecular flexibility index (Phi) is 4.92. The maximum atomic E-state index is 12.4. The molecule has 0 saturated heterocycles. The molecule has 5 nitrogen and oxygen atoms in total. The van der Waals surface area contributed by atoms with Gasteiger partial charge in [0.1, 0.15) is 5.54 Å². The number of nitrogens with zero attached hydrogens (tertiary/aromatic N) is 2. The predicted molar refractivity (Wildman–Crippen MR) is 92.8 cm³/mol. The summed E-state index contributed by atoms with van der Waals surface area (Å²) in [6.07, 6.45) is 6.82.